The Morgan fingerprint density at radius 3 is 3.04 bits per heavy atom. The van der Waals surface area contributed by atoms with Gasteiger partial charge in [0.15, 0.2) is 11.3 Å². The van der Waals surface area contributed by atoms with Gasteiger partial charge in [-0.2, -0.15) is 10.1 Å². The van der Waals surface area contributed by atoms with Crippen molar-refractivity contribution in [1.29, 1.82) is 0 Å². The van der Waals surface area contributed by atoms with Crippen LogP contribution in [0, 0.1) is 6.92 Å². The zero-order valence-electron chi connectivity index (χ0n) is 15.7. The van der Waals surface area contributed by atoms with Gasteiger partial charge in [0.2, 0.25) is 5.95 Å². The minimum absolute atomic E-state index is 0.0130. The Morgan fingerprint density at radius 1 is 1.32 bits per heavy atom. The molecule has 1 N–H and O–H groups in total. The van der Waals surface area contributed by atoms with Crippen LogP contribution in [-0.4, -0.2) is 46.9 Å². The van der Waals surface area contributed by atoms with Crippen molar-refractivity contribution in [1.82, 2.24) is 33.7 Å². The van der Waals surface area contributed by atoms with Crippen LogP contribution < -0.4 is 11.0 Å². The maximum Gasteiger partial charge on any atom is 0.330 e. The van der Waals surface area contributed by atoms with Crippen molar-refractivity contribution in [2.75, 3.05) is 18.5 Å². The maximum absolute atomic E-state index is 12.8. The van der Waals surface area contributed by atoms with Gasteiger partial charge in [-0.3, -0.25) is 9.13 Å². The van der Waals surface area contributed by atoms with Crippen molar-refractivity contribution >= 4 is 28.4 Å². The van der Waals surface area contributed by atoms with Crippen molar-refractivity contribution in [3.8, 4) is 0 Å². The van der Waals surface area contributed by atoms with Crippen LogP contribution in [0.25, 0.3) is 16.8 Å². The summed E-state index contributed by atoms with van der Waals surface area (Å²) in [6.45, 7) is 3.24. The van der Waals surface area contributed by atoms with Gasteiger partial charge in [0.05, 0.1) is 30.7 Å². The van der Waals surface area contributed by atoms with Crippen molar-refractivity contribution in [2.24, 2.45) is 7.05 Å². The number of hydrogen-bond donors (Lipinski definition) is 1. The number of aryl methyl sites for hydroxylation is 2. The first-order valence-corrected chi connectivity index (χ1v) is 9.20. The minimum Gasteiger partial charge on any atom is -0.379 e. The molecule has 0 aliphatic carbocycles. The number of rotatable bonds is 3. The van der Waals surface area contributed by atoms with Crippen LogP contribution in [-0.2, 0) is 11.8 Å². The first-order valence-electron chi connectivity index (χ1n) is 9.20. The van der Waals surface area contributed by atoms with Crippen LogP contribution >= 0.6 is 0 Å². The van der Waals surface area contributed by atoms with Crippen LogP contribution in [0.2, 0.25) is 0 Å². The predicted octanol–water partition coefficient (Wildman–Crippen LogP) is 1.58. The molecule has 0 spiro atoms. The highest BCUT2D eigenvalue weighted by Crippen LogP contribution is 2.24. The summed E-state index contributed by atoms with van der Waals surface area (Å²) in [5, 5.41) is 7.40. The third-order valence-corrected chi connectivity index (χ3v) is 5.20. The van der Waals surface area contributed by atoms with E-state index in [1.54, 1.807) is 26.9 Å². The molecule has 0 amide bonds. The monoisotopic (exact) mass is 380 g/mol. The molecule has 144 valence electrons. The average molecular weight is 380 g/mol. The highest BCUT2D eigenvalue weighted by atomic mass is 16.5. The molecule has 10 heteroatoms. The Morgan fingerprint density at radius 2 is 2.21 bits per heavy atom. The smallest absolute Gasteiger partial charge is 0.330 e. The lowest BCUT2D eigenvalue weighted by molar-refractivity contribution is 0.0591. The first kappa shape index (κ1) is 16.9. The predicted molar refractivity (Wildman–Crippen MR) is 103 cm³/mol. The number of fused-ring (bicyclic) bond motifs is 2. The SMILES string of the molecule is Cc1cc2ncnn2cc1Nc1ncc2c(n1)n([C@H]1CCCOC1)c(=O)n2C. The van der Waals surface area contributed by atoms with E-state index >= 15 is 0 Å². The van der Waals surface area contributed by atoms with Crippen LogP contribution in [0.3, 0.4) is 0 Å². The summed E-state index contributed by atoms with van der Waals surface area (Å²) in [4.78, 5) is 26.0. The molecule has 1 fully saturated rings. The topological polar surface area (TPSA) is 104 Å². The van der Waals surface area contributed by atoms with E-state index in [4.69, 9.17) is 4.74 Å². The largest absolute Gasteiger partial charge is 0.379 e. The molecule has 1 aliphatic heterocycles. The highest BCUT2D eigenvalue weighted by Gasteiger charge is 2.23. The van der Waals surface area contributed by atoms with Crippen molar-refractivity contribution in [3.05, 3.63) is 40.8 Å². The molecule has 4 aromatic heterocycles. The summed E-state index contributed by atoms with van der Waals surface area (Å²) < 4.78 is 10.6. The Kier molecular flexibility index (Phi) is 3.86. The number of nitrogens with zero attached hydrogens (tertiary/aromatic N) is 7. The van der Waals surface area contributed by atoms with E-state index in [2.05, 4.69) is 25.4 Å². The van der Waals surface area contributed by atoms with Gasteiger partial charge in [0, 0.05) is 13.7 Å². The van der Waals surface area contributed by atoms with Gasteiger partial charge in [-0.1, -0.05) is 0 Å². The molecule has 0 aromatic carbocycles. The van der Waals surface area contributed by atoms with Crippen molar-refractivity contribution in [2.45, 2.75) is 25.8 Å². The molecule has 10 nitrogen and oxygen atoms in total. The fraction of sp³-hybridized carbons (Fsp3) is 0.389. The lowest BCUT2D eigenvalue weighted by Crippen LogP contribution is -2.31. The van der Waals surface area contributed by atoms with Crippen LogP contribution in [0.15, 0.2) is 29.6 Å². The zero-order valence-corrected chi connectivity index (χ0v) is 15.7. The van der Waals surface area contributed by atoms with Gasteiger partial charge in [0.25, 0.3) is 0 Å². The fourth-order valence-corrected chi connectivity index (χ4v) is 3.66. The second-order valence-electron chi connectivity index (χ2n) is 7.04. The van der Waals surface area contributed by atoms with Gasteiger partial charge in [-0.15, -0.1) is 0 Å². The Hall–Kier alpha value is -3.27. The Balaban J connectivity index is 1.58. The zero-order chi connectivity index (χ0) is 19.3. The van der Waals surface area contributed by atoms with Crippen molar-refractivity contribution < 1.29 is 4.74 Å². The van der Waals surface area contributed by atoms with E-state index in [0.717, 1.165) is 36.3 Å². The highest BCUT2D eigenvalue weighted by molar-refractivity contribution is 5.73. The number of nitrogens with one attached hydrogen (secondary N) is 1. The number of ether oxygens (including phenoxy) is 1. The first-order chi connectivity index (χ1) is 13.6. The Labute approximate surface area is 159 Å². The fourth-order valence-electron chi connectivity index (χ4n) is 3.66. The van der Waals surface area contributed by atoms with Gasteiger partial charge in [-0.05, 0) is 31.4 Å². The summed E-state index contributed by atoms with van der Waals surface area (Å²) in [6, 6.07) is 1.92. The quantitative estimate of drug-likeness (QED) is 0.575. The third kappa shape index (κ3) is 2.64. The molecule has 5 heterocycles. The summed E-state index contributed by atoms with van der Waals surface area (Å²) in [7, 11) is 1.74. The average Bonchev–Trinajstić information content (AvgIpc) is 3.25. The molecule has 4 aromatic rings. The normalized spacial score (nSPS) is 17.4. The molecular formula is C18H20N8O2. The summed E-state index contributed by atoms with van der Waals surface area (Å²) in [6.07, 6.45) is 6.86. The van der Waals surface area contributed by atoms with Gasteiger partial charge in [0.1, 0.15) is 11.8 Å². The summed E-state index contributed by atoms with van der Waals surface area (Å²) in [5.41, 5.74) is 3.80. The molecule has 1 aliphatic rings. The number of pyridine rings is 1. The van der Waals surface area contributed by atoms with E-state index in [9.17, 15) is 4.79 Å². The molecular weight excluding hydrogens is 360 g/mol. The lowest BCUT2D eigenvalue weighted by atomic mass is 10.1. The standard InChI is InChI=1S/C18H20N8O2/c1-11-6-15-20-10-21-25(15)8-13(11)22-17-19-7-14-16(23-17)26(18(27)24(14)2)12-4-3-5-28-9-12/h6-8,10,12H,3-5,9H2,1-2H3,(H,19,22,23)/t12-/m0/s1. The molecule has 0 saturated carbocycles. The van der Waals surface area contributed by atoms with E-state index in [-0.39, 0.29) is 11.7 Å². The molecule has 0 unspecified atom stereocenters. The van der Waals surface area contributed by atoms with Gasteiger partial charge >= 0.3 is 5.69 Å². The van der Waals surface area contributed by atoms with E-state index < -0.39 is 0 Å². The Bertz CT molecular complexity index is 1230. The number of anilines is 2. The second-order valence-corrected chi connectivity index (χ2v) is 7.04. The maximum atomic E-state index is 12.8. The van der Waals surface area contributed by atoms with E-state index in [1.165, 1.54) is 6.33 Å². The molecule has 28 heavy (non-hydrogen) atoms. The summed E-state index contributed by atoms with van der Waals surface area (Å²) in [5.74, 6) is 0.422. The van der Waals surface area contributed by atoms with E-state index in [1.807, 2.05) is 19.2 Å². The van der Waals surface area contributed by atoms with Crippen LogP contribution in [0.4, 0.5) is 11.6 Å². The van der Waals surface area contributed by atoms with E-state index in [0.29, 0.717) is 23.7 Å². The number of imidazole rings is 1. The number of aromatic nitrogens is 7. The van der Waals surface area contributed by atoms with Crippen LogP contribution in [0.1, 0.15) is 24.4 Å². The minimum atomic E-state index is -0.0998. The molecule has 0 radical (unpaired) electrons. The summed E-state index contributed by atoms with van der Waals surface area (Å²) >= 11 is 0. The molecule has 0 bridgehead atoms. The van der Waals surface area contributed by atoms with Crippen LogP contribution in [0.5, 0.6) is 0 Å². The van der Waals surface area contributed by atoms with Gasteiger partial charge < -0.3 is 10.1 Å². The molecule has 1 saturated heterocycles. The second kappa shape index (κ2) is 6.41. The third-order valence-electron chi connectivity index (χ3n) is 5.20. The van der Waals surface area contributed by atoms with Crippen molar-refractivity contribution in [3.63, 3.8) is 0 Å². The molecule has 1 atom stereocenters. The number of hydrogen-bond acceptors (Lipinski definition) is 7. The molecule has 5 rings (SSSR count). The lowest BCUT2D eigenvalue weighted by Gasteiger charge is -2.22. The van der Waals surface area contributed by atoms with Gasteiger partial charge in [-0.25, -0.2) is 19.3 Å².